The third-order valence-electron chi connectivity index (χ3n) is 8.27. The van der Waals surface area contributed by atoms with E-state index in [1.54, 1.807) is 7.05 Å². The molecule has 200 valence electrons. The van der Waals surface area contributed by atoms with E-state index in [-0.39, 0.29) is 35.6 Å². The van der Waals surface area contributed by atoms with Crippen molar-refractivity contribution in [2.75, 3.05) is 26.7 Å². The first-order valence-corrected chi connectivity index (χ1v) is 15.3. The Kier molecular flexibility index (Phi) is 8.38. The lowest BCUT2D eigenvalue weighted by Gasteiger charge is -2.45. The van der Waals surface area contributed by atoms with Crippen LogP contribution in [0.15, 0.2) is 22.9 Å². The SMILES string of the molecule is CN[C@@H](C)C(=O)N[C@H](C(=O)N1C[C@H]2CCCN2C[C@H]1c1nc(C(=O)c2cccs2)cs1)C1CCCCC1. The highest BCUT2D eigenvalue weighted by Gasteiger charge is 2.44. The third-order valence-corrected chi connectivity index (χ3v) is 10.1. The number of likely N-dealkylation sites (N-methyl/N-ethyl adjacent to an activating group) is 1. The van der Waals surface area contributed by atoms with Gasteiger partial charge in [-0.1, -0.05) is 25.3 Å². The maximum absolute atomic E-state index is 14.3. The van der Waals surface area contributed by atoms with Crippen LogP contribution >= 0.6 is 22.7 Å². The van der Waals surface area contributed by atoms with Crippen molar-refractivity contribution in [1.29, 1.82) is 0 Å². The Morgan fingerprint density at radius 1 is 1.08 bits per heavy atom. The van der Waals surface area contributed by atoms with Gasteiger partial charge in [0.2, 0.25) is 17.6 Å². The molecule has 2 aromatic rings. The number of nitrogens with one attached hydrogen (secondary N) is 2. The zero-order valence-corrected chi connectivity index (χ0v) is 23.3. The predicted molar refractivity (Wildman–Crippen MR) is 146 cm³/mol. The number of ketones is 1. The van der Waals surface area contributed by atoms with Gasteiger partial charge in [-0.05, 0) is 63.6 Å². The molecule has 10 heteroatoms. The van der Waals surface area contributed by atoms with E-state index in [2.05, 4.69) is 15.5 Å². The lowest BCUT2D eigenvalue weighted by molar-refractivity contribution is -0.144. The zero-order chi connectivity index (χ0) is 25.9. The molecule has 0 unspecified atom stereocenters. The third kappa shape index (κ3) is 5.67. The summed E-state index contributed by atoms with van der Waals surface area (Å²) in [4.78, 5) is 50.1. The fourth-order valence-corrected chi connectivity index (χ4v) is 7.56. The van der Waals surface area contributed by atoms with Crippen molar-refractivity contribution in [3.8, 4) is 0 Å². The van der Waals surface area contributed by atoms with E-state index in [4.69, 9.17) is 4.98 Å². The van der Waals surface area contributed by atoms with Crippen LogP contribution in [0.1, 0.15) is 78.3 Å². The molecule has 0 aromatic carbocycles. The highest BCUT2D eigenvalue weighted by molar-refractivity contribution is 7.12. The molecule has 2 N–H and O–H groups in total. The summed E-state index contributed by atoms with van der Waals surface area (Å²) in [6, 6.07) is 2.90. The van der Waals surface area contributed by atoms with E-state index >= 15 is 0 Å². The Bertz CT molecular complexity index is 1100. The summed E-state index contributed by atoms with van der Waals surface area (Å²) in [6.45, 7) is 4.20. The number of aromatic nitrogens is 1. The molecule has 0 spiro atoms. The molecule has 37 heavy (non-hydrogen) atoms. The largest absolute Gasteiger partial charge is 0.343 e. The summed E-state index contributed by atoms with van der Waals surface area (Å²) in [5.41, 5.74) is 0.443. The number of hydrogen-bond acceptors (Lipinski definition) is 8. The van der Waals surface area contributed by atoms with E-state index in [1.165, 1.54) is 29.1 Å². The quantitative estimate of drug-likeness (QED) is 0.496. The van der Waals surface area contributed by atoms with E-state index in [0.717, 1.165) is 56.6 Å². The first-order valence-electron chi connectivity index (χ1n) is 13.5. The fraction of sp³-hybridized carbons (Fsp3) is 0.630. The number of carbonyl (C=O) groups is 3. The van der Waals surface area contributed by atoms with Crippen molar-refractivity contribution in [3.63, 3.8) is 0 Å². The second-order valence-corrected chi connectivity index (χ2v) is 12.4. The molecule has 5 rings (SSSR count). The number of carbonyl (C=O) groups excluding carboxylic acids is 3. The lowest BCUT2D eigenvalue weighted by atomic mass is 9.82. The Balaban J connectivity index is 1.43. The minimum Gasteiger partial charge on any atom is -0.343 e. The van der Waals surface area contributed by atoms with Gasteiger partial charge in [-0.25, -0.2) is 4.98 Å². The van der Waals surface area contributed by atoms with Crippen LogP contribution in [-0.2, 0) is 9.59 Å². The monoisotopic (exact) mass is 543 g/mol. The molecular formula is C27H37N5O3S2. The Hall–Kier alpha value is -2.14. The van der Waals surface area contributed by atoms with Crippen LogP contribution in [0.3, 0.4) is 0 Å². The van der Waals surface area contributed by atoms with Crippen LogP contribution in [0.25, 0.3) is 0 Å². The molecule has 4 heterocycles. The summed E-state index contributed by atoms with van der Waals surface area (Å²) in [5.74, 6) is -0.0654. The minimum absolute atomic E-state index is 0.00133. The molecular weight excluding hydrogens is 506 g/mol. The first-order chi connectivity index (χ1) is 18.0. The van der Waals surface area contributed by atoms with Gasteiger partial charge >= 0.3 is 0 Å². The Morgan fingerprint density at radius 3 is 2.62 bits per heavy atom. The Labute approximate surface area is 226 Å². The molecule has 1 saturated carbocycles. The van der Waals surface area contributed by atoms with E-state index in [9.17, 15) is 14.4 Å². The first kappa shape index (κ1) is 26.5. The van der Waals surface area contributed by atoms with Crippen LogP contribution in [-0.4, -0.2) is 77.2 Å². The molecule has 4 atom stereocenters. The minimum atomic E-state index is -0.536. The molecule has 0 bridgehead atoms. The van der Waals surface area contributed by atoms with Crippen molar-refractivity contribution in [2.45, 2.75) is 76.0 Å². The second-order valence-electron chi connectivity index (χ2n) is 10.6. The molecule has 0 radical (unpaired) electrons. The molecule has 3 aliphatic rings. The van der Waals surface area contributed by atoms with Crippen LogP contribution in [0.5, 0.6) is 0 Å². The van der Waals surface area contributed by atoms with Crippen LogP contribution in [0.2, 0.25) is 0 Å². The van der Waals surface area contributed by atoms with Crippen LogP contribution in [0.4, 0.5) is 0 Å². The number of thiazole rings is 1. The van der Waals surface area contributed by atoms with Crippen molar-refractivity contribution in [3.05, 3.63) is 38.5 Å². The van der Waals surface area contributed by atoms with Crippen molar-refractivity contribution < 1.29 is 14.4 Å². The normalized spacial score (nSPS) is 24.4. The van der Waals surface area contributed by atoms with Crippen LogP contribution < -0.4 is 10.6 Å². The average Bonchev–Trinajstić information content (AvgIpc) is 3.72. The molecule has 8 nitrogen and oxygen atoms in total. The van der Waals surface area contributed by atoms with Gasteiger partial charge in [0.05, 0.1) is 17.0 Å². The number of nitrogens with zero attached hydrogens (tertiary/aromatic N) is 3. The molecule has 3 fully saturated rings. The van der Waals surface area contributed by atoms with Gasteiger partial charge in [-0.2, -0.15) is 0 Å². The number of thiophene rings is 1. The van der Waals surface area contributed by atoms with E-state index in [1.807, 2.05) is 34.7 Å². The highest BCUT2D eigenvalue weighted by atomic mass is 32.1. The van der Waals surface area contributed by atoms with Crippen LogP contribution in [0, 0.1) is 5.92 Å². The topological polar surface area (TPSA) is 94.6 Å². The molecule has 2 amide bonds. The van der Waals surface area contributed by atoms with Gasteiger partial charge in [-0.15, -0.1) is 22.7 Å². The molecule has 2 aliphatic heterocycles. The van der Waals surface area contributed by atoms with Gasteiger partial charge in [-0.3, -0.25) is 19.3 Å². The average molecular weight is 544 g/mol. The lowest BCUT2D eigenvalue weighted by Crippen LogP contribution is -2.60. The second kappa shape index (κ2) is 11.7. The van der Waals surface area contributed by atoms with Gasteiger partial charge < -0.3 is 15.5 Å². The molecule has 2 aromatic heterocycles. The Morgan fingerprint density at radius 2 is 1.89 bits per heavy atom. The van der Waals surface area contributed by atoms with E-state index < -0.39 is 6.04 Å². The number of amides is 2. The van der Waals surface area contributed by atoms with Gasteiger partial charge in [0.15, 0.2) is 0 Å². The fourth-order valence-electron chi connectivity index (χ4n) is 5.99. The zero-order valence-electron chi connectivity index (χ0n) is 21.7. The smallest absolute Gasteiger partial charge is 0.246 e. The number of piperazine rings is 1. The van der Waals surface area contributed by atoms with Gasteiger partial charge in [0, 0.05) is 24.5 Å². The maximum Gasteiger partial charge on any atom is 0.246 e. The van der Waals surface area contributed by atoms with Gasteiger partial charge in [0.1, 0.15) is 16.7 Å². The number of hydrogen-bond donors (Lipinski definition) is 2. The van der Waals surface area contributed by atoms with E-state index in [0.29, 0.717) is 23.2 Å². The summed E-state index contributed by atoms with van der Waals surface area (Å²) in [7, 11) is 1.76. The van der Waals surface area contributed by atoms with Crippen molar-refractivity contribution in [1.82, 2.24) is 25.4 Å². The molecule has 2 saturated heterocycles. The summed E-state index contributed by atoms with van der Waals surface area (Å²) >= 11 is 2.88. The summed E-state index contributed by atoms with van der Waals surface area (Å²) in [5, 5.41) is 10.6. The van der Waals surface area contributed by atoms with Crippen molar-refractivity contribution in [2.24, 2.45) is 5.92 Å². The predicted octanol–water partition coefficient (Wildman–Crippen LogP) is 3.46. The number of rotatable bonds is 8. The summed E-state index contributed by atoms with van der Waals surface area (Å²) in [6.07, 6.45) is 7.47. The van der Waals surface area contributed by atoms with Gasteiger partial charge in [0.25, 0.3) is 0 Å². The standard InChI is InChI=1S/C27H37N5O3S2/c1-17(28-2)25(34)30-23(18-8-4-3-5-9-18)27(35)32-14-19-10-6-12-31(19)15-21(32)26-29-20(16-37-26)24(33)22-11-7-13-36-22/h7,11,13,16-19,21,23,28H,3-6,8-10,12,14-15H2,1-2H3,(H,30,34)/t17-,19+,21-,23-/m0/s1. The number of fused-ring (bicyclic) bond motifs is 1. The highest BCUT2D eigenvalue weighted by Crippen LogP contribution is 2.36. The molecule has 1 aliphatic carbocycles. The maximum atomic E-state index is 14.3. The van der Waals surface area contributed by atoms with Crippen molar-refractivity contribution >= 4 is 40.3 Å². The summed E-state index contributed by atoms with van der Waals surface area (Å²) < 4.78 is 0.